The molecule has 2 atom stereocenters. The molecule has 0 radical (unpaired) electrons. The molecular weight excluding hydrogens is 260 g/mol. The lowest BCUT2D eigenvalue weighted by Gasteiger charge is -2.28. The molecule has 0 amide bonds. The number of aliphatic hydroxyl groups excluding tert-OH is 1. The molecule has 0 fully saturated rings. The smallest absolute Gasteiger partial charge is 0.310 e. The molecular formula is C11H20O8. The standard InChI is InChI=1S/C11H20O8/c1-11(17,7-19-5-4-18-3-2-12)8(10(15)16)6-9(13)14/h8,12,17H,2-7H2,1H3,(H,13,14)(H,15,16). The first-order valence-corrected chi connectivity index (χ1v) is 5.74. The van der Waals surface area contributed by atoms with E-state index in [1.807, 2.05) is 0 Å². The summed E-state index contributed by atoms with van der Waals surface area (Å²) in [5.74, 6) is -4.16. The van der Waals surface area contributed by atoms with E-state index in [1.54, 1.807) is 0 Å². The highest BCUT2D eigenvalue weighted by Crippen LogP contribution is 2.21. The van der Waals surface area contributed by atoms with Crippen LogP contribution in [0.15, 0.2) is 0 Å². The summed E-state index contributed by atoms with van der Waals surface area (Å²) in [5, 5.41) is 35.9. The number of aliphatic carboxylic acids is 2. The third kappa shape index (κ3) is 7.73. The Labute approximate surface area is 110 Å². The molecule has 0 bridgehead atoms. The van der Waals surface area contributed by atoms with E-state index >= 15 is 0 Å². The van der Waals surface area contributed by atoms with E-state index in [9.17, 15) is 14.7 Å². The number of carboxylic acid groups (broad SMARTS) is 2. The molecule has 4 N–H and O–H groups in total. The van der Waals surface area contributed by atoms with Crippen molar-refractivity contribution in [3.63, 3.8) is 0 Å². The largest absolute Gasteiger partial charge is 0.481 e. The number of carbonyl (C=O) groups is 2. The van der Waals surface area contributed by atoms with E-state index in [1.165, 1.54) is 6.92 Å². The first-order chi connectivity index (χ1) is 8.81. The first kappa shape index (κ1) is 17.8. The van der Waals surface area contributed by atoms with Gasteiger partial charge >= 0.3 is 11.9 Å². The molecule has 0 saturated carbocycles. The first-order valence-electron chi connectivity index (χ1n) is 5.74. The van der Waals surface area contributed by atoms with E-state index < -0.39 is 29.9 Å². The molecule has 0 heterocycles. The predicted octanol–water partition coefficient (Wildman–Crippen LogP) is -1.06. The minimum atomic E-state index is -1.79. The van der Waals surface area contributed by atoms with Crippen molar-refractivity contribution in [2.24, 2.45) is 5.92 Å². The summed E-state index contributed by atoms with van der Waals surface area (Å²) < 4.78 is 9.95. The average molecular weight is 280 g/mol. The van der Waals surface area contributed by atoms with Gasteiger partial charge in [0.15, 0.2) is 0 Å². The van der Waals surface area contributed by atoms with Crippen LogP contribution in [0.1, 0.15) is 13.3 Å². The van der Waals surface area contributed by atoms with Gasteiger partial charge in [0.2, 0.25) is 0 Å². The molecule has 2 unspecified atom stereocenters. The number of ether oxygens (including phenoxy) is 2. The molecule has 0 saturated heterocycles. The van der Waals surface area contributed by atoms with Gasteiger partial charge in [-0.25, -0.2) is 0 Å². The molecule has 0 aliphatic heterocycles. The molecule has 8 nitrogen and oxygen atoms in total. The van der Waals surface area contributed by atoms with Gasteiger partial charge in [0.05, 0.1) is 51.0 Å². The Hall–Kier alpha value is -1.22. The van der Waals surface area contributed by atoms with Crippen molar-refractivity contribution in [3.05, 3.63) is 0 Å². The normalized spacial score (nSPS) is 15.7. The van der Waals surface area contributed by atoms with Crippen LogP contribution in [0, 0.1) is 5.92 Å². The fourth-order valence-electron chi connectivity index (χ4n) is 1.41. The summed E-state index contributed by atoms with van der Waals surface area (Å²) in [6, 6.07) is 0. The summed E-state index contributed by atoms with van der Waals surface area (Å²) in [6.45, 7) is 1.24. The highest BCUT2D eigenvalue weighted by Gasteiger charge is 2.39. The van der Waals surface area contributed by atoms with Crippen LogP contribution < -0.4 is 0 Å². The van der Waals surface area contributed by atoms with Crippen LogP contribution in [0.2, 0.25) is 0 Å². The van der Waals surface area contributed by atoms with Crippen molar-refractivity contribution in [2.45, 2.75) is 18.9 Å². The van der Waals surface area contributed by atoms with Crippen molar-refractivity contribution in [1.29, 1.82) is 0 Å². The summed E-state index contributed by atoms with van der Waals surface area (Å²) in [5.41, 5.74) is -1.79. The Morgan fingerprint density at radius 2 is 1.74 bits per heavy atom. The number of rotatable bonds is 11. The second-order valence-electron chi connectivity index (χ2n) is 4.23. The van der Waals surface area contributed by atoms with Crippen molar-refractivity contribution in [3.8, 4) is 0 Å². The van der Waals surface area contributed by atoms with Crippen LogP contribution in [0.25, 0.3) is 0 Å². The summed E-state index contributed by atoms with van der Waals surface area (Å²) in [6.07, 6.45) is -0.688. The molecule has 0 spiro atoms. The van der Waals surface area contributed by atoms with Crippen molar-refractivity contribution >= 4 is 11.9 Å². The maximum Gasteiger partial charge on any atom is 0.310 e. The molecule has 8 heteroatoms. The fourth-order valence-corrected chi connectivity index (χ4v) is 1.41. The molecule has 0 aliphatic carbocycles. The SMILES string of the molecule is CC(O)(COCCOCCO)C(CC(=O)O)C(=O)O. The molecule has 0 aromatic rings. The number of aliphatic hydroxyl groups is 2. The lowest BCUT2D eigenvalue weighted by Crippen LogP contribution is -2.45. The van der Waals surface area contributed by atoms with Gasteiger partial charge in [0.1, 0.15) is 0 Å². The Morgan fingerprint density at radius 1 is 1.16 bits per heavy atom. The molecule has 112 valence electrons. The van der Waals surface area contributed by atoms with Gasteiger partial charge in [-0.2, -0.15) is 0 Å². The van der Waals surface area contributed by atoms with Gasteiger partial charge in [-0.1, -0.05) is 0 Å². The summed E-state index contributed by atoms with van der Waals surface area (Å²) in [7, 11) is 0. The fraction of sp³-hybridized carbons (Fsp3) is 0.818. The molecule has 0 aromatic carbocycles. The van der Waals surface area contributed by atoms with E-state index in [0.29, 0.717) is 0 Å². The van der Waals surface area contributed by atoms with Crippen LogP contribution in [0.5, 0.6) is 0 Å². The van der Waals surface area contributed by atoms with Crippen LogP contribution in [0.3, 0.4) is 0 Å². The third-order valence-corrected chi connectivity index (χ3v) is 2.43. The average Bonchev–Trinajstić information content (AvgIpc) is 2.30. The molecule has 0 aliphatic rings. The number of hydrogen-bond acceptors (Lipinski definition) is 6. The Morgan fingerprint density at radius 3 is 2.21 bits per heavy atom. The van der Waals surface area contributed by atoms with Crippen molar-refractivity contribution < 1.29 is 39.5 Å². The number of hydrogen-bond donors (Lipinski definition) is 4. The van der Waals surface area contributed by atoms with Gasteiger partial charge in [-0.15, -0.1) is 0 Å². The van der Waals surface area contributed by atoms with E-state index in [4.69, 9.17) is 24.8 Å². The van der Waals surface area contributed by atoms with Gasteiger partial charge in [0, 0.05) is 0 Å². The van der Waals surface area contributed by atoms with Crippen molar-refractivity contribution in [2.75, 3.05) is 33.0 Å². The quantitative estimate of drug-likeness (QED) is 0.352. The lowest BCUT2D eigenvalue weighted by molar-refractivity contribution is -0.162. The van der Waals surface area contributed by atoms with Crippen LogP contribution >= 0.6 is 0 Å². The Kier molecular flexibility index (Phi) is 8.24. The van der Waals surface area contributed by atoms with Gasteiger partial charge in [0.25, 0.3) is 0 Å². The van der Waals surface area contributed by atoms with Crippen LogP contribution in [0.4, 0.5) is 0 Å². The second kappa shape index (κ2) is 8.81. The van der Waals surface area contributed by atoms with Gasteiger partial charge in [-0.3, -0.25) is 9.59 Å². The topological polar surface area (TPSA) is 134 Å². The zero-order valence-electron chi connectivity index (χ0n) is 10.7. The molecule has 19 heavy (non-hydrogen) atoms. The highest BCUT2D eigenvalue weighted by molar-refractivity contribution is 5.78. The number of carboxylic acids is 2. The summed E-state index contributed by atoms with van der Waals surface area (Å²) >= 11 is 0. The Bertz CT molecular complexity index is 288. The maximum absolute atomic E-state index is 10.9. The monoisotopic (exact) mass is 280 g/mol. The molecule has 0 rings (SSSR count). The maximum atomic E-state index is 10.9. The Balaban J connectivity index is 4.17. The van der Waals surface area contributed by atoms with E-state index in [-0.39, 0.29) is 33.0 Å². The zero-order valence-corrected chi connectivity index (χ0v) is 10.7. The highest BCUT2D eigenvalue weighted by atomic mass is 16.5. The second-order valence-corrected chi connectivity index (χ2v) is 4.23. The minimum Gasteiger partial charge on any atom is -0.481 e. The third-order valence-electron chi connectivity index (χ3n) is 2.43. The summed E-state index contributed by atoms with van der Waals surface area (Å²) in [4.78, 5) is 21.5. The van der Waals surface area contributed by atoms with E-state index in [2.05, 4.69) is 0 Å². The zero-order chi connectivity index (χ0) is 14.9. The van der Waals surface area contributed by atoms with Gasteiger partial charge in [-0.05, 0) is 6.92 Å². The van der Waals surface area contributed by atoms with Crippen molar-refractivity contribution in [1.82, 2.24) is 0 Å². The van der Waals surface area contributed by atoms with E-state index in [0.717, 1.165) is 0 Å². The van der Waals surface area contributed by atoms with Crippen LogP contribution in [-0.2, 0) is 19.1 Å². The lowest BCUT2D eigenvalue weighted by atomic mass is 9.87. The van der Waals surface area contributed by atoms with Crippen LogP contribution in [-0.4, -0.2) is 71.0 Å². The van der Waals surface area contributed by atoms with Gasteiger partial charge < -0.3 is 29.9 Å². The predicted molar refractivity (Wildman–Crippen MR) is 62.7 cm³/mol. The minimum absolute atomic E-state index is 0.107. The molecule has 0 aromatic heterocycles.